The summed E-state index contributed by atoms with van der Waals surface area (Å²) in [5, 5.41) is 12.9. The maximum absolute atomic E-state index is 12.1. The Kier molecular flexibility index (Phi) is 13.5. The average Bonchev–Trinajstić information content (AvgIpc) is 2.55. The van der Waals surface area contributed by atoms with Gasteiger partial charge in [-0.2, -0.15) is 14.0 Å². The number of nitrogens with one attached hydrogen (secondary N) is 1. The van der Waals surface area contributed by atoms with E-state index in [4.69, 9.17) is 0 Å². The molecule has 0 rings (SSSR count). The third kappa shape index (κ3) is 13.4. The van der Waals surface area contributed by atoms with E-state index >= 15 is 0 Å². The first-order chi connectivity index (χ1) is 12.5. The molecule has 7 nitrogen and oxygen atoms in total. The van der Waals surface area contributed by atoms with Gasteiger partial charge >= 0.3 is 5.79 Å². The molecular formula is C19H38ClNO6. The Labute approximate surface area is 166 Å². The lowest BCUT2D eigenvalue weighted by atomic mass is 9.91. The number of carbonyl (C=O) groups excluding carboxylic acids is 1. The summed E-state index contributed by atoms with van der Waals surface area (Å²) in [6.07, 6.45) is 11.4. The van der Waals surface area contributed by atoms with Gasteiger partial charge in [-0.25, -0.2) is 0 Å². The standard InChI is InChI=1S/C19H38ClNO6/c1-5-7-8-9-10-11-12-13-14-15-18(22)21-17(6-2)16(3)19(4,23)27-20(24,25)26/h16-17,23H,5-15H2,1-4H3,(H,21,22). The first-order valence-electron chi connectivity index (χ1n) is 10.2. The van der Waals surface area contributed by atoms with E-state index in [0.29, 0.717) is 12.8 Å². The van der Waals surface area contributed by atoms with Crippen molar-refractivity contribution in [1.29, 1.82) is 0 Å². The number of rotatable bonds is 16. The highest BCUT2D eigenvalue weighted by Gasteiger charge is 2.47. The summed E-state index contributed by atoms with van der Waals surface area (Å²) in [6, 6.07) is -0.497. The highest BCUT2D eigenvalue weighted by molar-refractivity contribution is 5.76. The molecule has 0 aliphatic heterocycles. The molecular weight excluding hydrogens is 374 g/mol. The van der Waals surface area contributed by atoms with Gasteiger partial charge in [-0.15, -0.1) is 0 Å². The van der Waals surface area contributed by atoms with E-state index in [-0.39, 0.29) is 5.91 Å². The fourth-order valence-electron chi connectivity index (χ4n) is 3.09. The van der Waals surface area contributed by atoms with E-state index in [1.807, 2.05) is 0 Å². The second-order valence-electron chi connectivity index (χ2n) is 7.46. The molecule has 0 radical (unpaired) electrons. The highest BCUT2D eigenvalue weighted by atomic mass is 35.7. The largest absolute Gasteiger partial charge is 0.353 e. The van der Waals surface area contributed by atoms with E-state index in [0.717, 1.165) is 26.2 Å². The van der Waals surface area contributed by atoms with Gasteiger partial charge in [0.1, 0.15) is 4.29 Å². The summed E-state index contributed by atoms with van der Waals surface area (Å²) in [6.45, 7) is 6.65. The zero-order valence-corrected chi connectivity index (χ0v) is 18.1. The minimum absolute atomic E-state index is 0.144. The first kappa shape index (κ1) is 26.6. The minimum Gasteiger partial charge on any atom is -0.353 e. The summed E-state index contributed by atoms with van der Waals surface area (Å²) in [4.78, 5) is 12.1. The van der Waals surface area contributed by atoms with Gasteiger partial charge in [-0.1, -0.05) is 72.1 Å². The van der Waals surface area contributed by atoms with Crippen LogP contribution in [-0.4, -0.2) is 22.8 Å². The zero-order chi connectivity index (χ0) is 20.9. The van der Waals surface area contributed by atoms with Gasteiger partial charge in [0.2, 0.25) is 5.91 Å². The van der Waals surface area contributed by atoms with Crippen molar-refractivity contribution >= 4 is 5.91 Å². The number of amides is 1. The van der Waals surface area contributed by atoms with Crippen LogP contribution < -0.4 is 19.3 Å². The molecule has 27 heavy (non-hydrogen) atoms. The van der Waals surface area contributed by atoms with Gasteiger partial charge in [-0.05, 0) is 12.8 Å². The number of hydrogen-bond donors (Lipinski definition) is 2. The van der Waals surface area contributed by atoms with Crippen molar-refractivity contribution in [3.8, 4) is 0 Å². The topological polar surface area (TPSA) is 128 Å². The van der Waals surface area contributed by atoms with Crippen LogP contribution >= 0.6 is 0 Å². The van der Waals surface area contributed by atoms with Gasteiger partial charge in [0.15, 0.2) is 0 Å². The predicted octanol–water partition coefficient (Wildman–Crippen LogP) is 1.06. The number of aliphatic hydroxyl groups is 1. The monoisotopic (exact) mass is 411 g/mol. The molecule has 3 atom stereocenters. The van der Waals surface area contributed by atoms with Crippen LogP contribution in [-0.2, 0) is 9.08 Å². The Hall–Kier alpha value is -0.440. The van der Waals surface area contributed by atoms with Gasteiger partial charge in [0.05, 0.1) is 10.2 Å². The maximum atomic E-state index is 12.1. The summed E-state index contributed by atoms with van der Waals surface area (Å²) in [5.74, 6) is -3.10. The number of halogens is 1. The minimum atomic E-state index is -4.75. The van der Waals surface area contributed by atoms with Crippen molar-refractivity contribution < 1.29 is 38.4 Å². The van der Waals surface area contributed by atoms with Crippen LogP contribution in [0.5, 0.6) is 0 Å². The van der Waals surface area contributed by atoms with Crippen molar-refractivity contribution in [2.45, 2.75) is 110 Å². The molecule has 0 fully saturated rings. The summed E-state index contributed by atoms with van der Waals surface area (Å²) in [5.41, 5.74) is 0. The molecule has 2 N–H and O–H groups in total. The molecule has 0 heterocycles. The van der Waals surface area contributed by atoms with Crippen molar-refractivity contribution in [3.63, 3.8) is 0 Å². The van der Waals surface area contributed by atoms with E-state index in [1.165, 1.54) is 45.4 Å². The lowest BCUT2D eigenvalue weighted by molar-refractivity contribution is -1.92. The molecule has 3 unspecified atom stereocenters. The SMILES string of the molecule is CCCCCCCCCCCC(=O)NC(CC)C(C)C(C)(O)O[Cl+3]([O-])([O-])[O-]. The Morgan fingerprint density at radius 2 is 1.52 bits per heavy atom. The van der Waals surface area contributed by atoms with E-state index in [2.05, 4.69) is 16.5 Å². The van der Waals surface area contributed by atoms with Crippen LogP contribution in [0.15, 0.2) is 0 Å². The first-order valence-corrected chi connectivity index (χ1v) is 11.4. The van der Waals surface area contributed by atoms with Crippen LogP contribution in [0.25, 0.3) is 0 Å². The van der Waals surface area contributed by atoms with Crippen LogP contribution in [0, 0.1) is 16.2 Å². The lowest BCUT2D eigenvalue weighted by Gasteiger charge is -2.32. The molecule has 8 heteroatoms. The Morgan fingerprint density at radius 1 is 1.04 bits per heavy atom. The van der Waals surface area contributed by atoms with Crippen LogP contribution in [0.2, 0.25) is 0 Å². The lowest BCUT2D eigenvalue weighted by Crippen LogP contribution is -2.66. The highest BCUT2D eigenvalue weighted by Crippen LogP contribution is 2.25. The van der Waals surface area contributed by atoms with Crippen molar-refractivity contribution in [1.82, 2.24) is 5.32 Å². The molecule has 162 valence electrons. The van der Waals surface area contributed by atoms with Gasteiger partial charge < -0.3 is 10.4 Å². The predicted molar refractivity (Wildman–Crippen MR) is 94.9 cm³/mol. The summed E-state index contributed by atoms with van der Waals surface area (Å²) >= 11 is 0. The normalized spacial score (nSPS) is 16.6. The van der Waals surface area contributed by atoms with Crippen molar-refractivity contribution in [2.75, 3.05) is 0 Å². The summed E-state index contributed by atoms with van der Waals surface area (Å²) < 4.78 is 36.4. The molecule has 0 aromatic carbocycles. The summed E-state index contributed by atoms with van der Waals surface area (Å²) in [7, 11) is -4.75. The molecule has 0 aromatic heterocycles. The van der Waals surface area contributed by atoms with Crippen LogP contribution in [0.3, 0.4) is 0 Å². The smallest absolute Gasteiger partial charge is 0.323 e. The number of carbonyl (C=O) groups is 1. The number of unbranched alkanes of at least 4 members (excludes halogenated alkanes) is 8. The molecule has 0 aromatic rings. The van der Waals surface area contributed by atoms with Crippen LogP contribution in [0.4, 0.5) is 0 Å². The van der Waals surface area contributed by atoms with E-state index in [1.54, 1.807) is 6.92 Å². The number of hydrogen-bond acceptors (Lipinski definition) is 6. The molecule has 0 saturated heterocycles. The van der Waals surface area contributed by atoms with Gasteiger partial charge in [0.25, 0.3) is 0 Å². The molecule has 0 spiro atoms. The second kappa shape index (κ2) is 13.7. The van der Waals surface area contributed by atoms with Crippen molar-refractivity contribution in [2.24, 2.45) is 5.92 Å². The fourth-order valence-corrected chi connectivity index (χ4v) is 3.61. The molecule has 0 aliphatic carbocycles. The average molecular weight is 412 g/mol. The fraction of sp³-hybridized carbons (Fsp3) is 0.947. The second-order valence-corrected chi connectivity index (χ2v) is 8.37. The maximum Gasteiger partial charge on any atom is 0.323 e. The van der Waals surface area contributed by atoms with Crippen molar-refractivity contribution in [3.05, 3.63) is 0 Å². The van der Waals surface area contributed by atoms with E-state index in [9.17, 15) is 23.9 Å². The zero-order valence-electron chi connectivity index (χ0n) is 17.3. The van der Waals surface area contributed by atoms with Crippen LogP contribution in [0.1, 0.15) is 98.3 Å². The third-order valence-corrected chi connectivity index (χ3v) is 5.49. The third-order valence-electron chi connectivity index (χ3n) is 4.99. The quantitative estimate of drug-likeness (QED) is 0.288. The molecule has 0 saturated carbocycles. The Balaban J connectivity index is 4.12. The Bertz CT molecular complexity index is 400. The van der Waals surface area contributed by atoms with Gasteiger partial charge in [-0.3, -0.25) is 4.79 Å². The van der Waals surface area contributed by atoms with E-state index < -0.39 is 28.0 Å². The Morgan fingerprint density at radius 3 is 1.96 bits per heavy atom. The molecule has 0 bridgehead atoms. The molecule has 0 aliphatic rings. The molecule has 1 amide bonds. The van der Waals surface area contributed by atoms with Gasteiger partial charge in [0, 0.05) is 25.3 Å².